The number of carbonyl (C=O) groups excluding carboxylic acids is 2. The molecule has 0 bridgehead atoms. The fourth-order valence-electron chi connectivity index (χ4n) is 2.95. The highest BCUT2D eigenvalue weighted by molar-refractivity contribution is 9.10. The van der Waals surface area contributed by atoms with Crippen LogP contribution in [-0.4, -0.2) is 54.4 Å². The van der Waals surface area contributed by atoms with Gasteiger partial charge in [0.15, 0.2) is 5.69 Å². The van der Waals surface area contributed by atoms with E-state index >= 15 is 0 Å². The molecule has 3 unspecified atom stereocenters. The number of halogens is 1. The molecular weight excluding hydrogens is 452 g/mol. The number of nitriles is 1. The van der Waals surface area contributed by atoms with Gasteiger partial charge in [0.05, 0.1) is 6.10 Å². The van der Waals surface area contributed by atoms with E-state index in [9.17, 15) is 14.9 Å². The lowest BCUT2D eigenvalue weighted by Crippen LogP contribution is -2.55. The van der Waals surface area contributed by atoms with Crippen LogP contribution in [0.3, 0.4) is 0 Å². The summed E-state index contributed by atoms with van der Waals surface area (Å²) in [5.74, 6) is -1.16. The van der Waals surface area contributed by atoms with E-state index in [1.54, 1.807) is 19.4 Å². The zero-order valence-electron chi connectivity index (χ0n) is 15.9. The van der Waals surface area contributed by atoms with Crippen LogP contribution in [0.2, 0.25) is 0 Å². The second kappa shape index (κ2) is 10.2. The van der Waals surface area contributed by atoms with Crippen molar-refractivity contribution < 1.29 is 28.5 Å². The molecule has 1 aromatic heterocycles. The van der Waals surface area contributed by atoms with Crippen molar-refractivity contribution in [2.45, 2.75) is 49.4 Å². The van der Waals surface area contributed by atoms with Gasteiger partial charge in [-0.05, 0) is 22.0 Å². The average molecular weight is 473 g/mol. The molecule has 1 aliphatic heterocycles. The molecule has 2 heterocycles. The Hall–Kier alpha value is -1.67. The van der Waals surface area contributed by atoms with Crippen molar-refractivity contribution in [3.8, 4) is 6.07 Å². The highest BCUT2D eigenvalue weighted by atomic mass is 79.9. The number of methoxy groups -OCH3 is 1. The summed E-state index contributed by atoms with van der Waals surface area (Å²) in [4.78, 5) is 27.5. The topological polar surface area (TPSA) is 108 Å². The summed E-state index contributed by atoms with van der Waals surface area (Å²) in [5.41, 5.74) is -0.270. The number of carbonyl (C=O) groups is 2. The minimum atomic E-state index is -0.669. The highest BCUT2D eigenvalue weighted by Gasteiger charge is 2.46. The van der Waals surface area contributed by atoms with Gasteiger partial charge in [-0.25, -0.2) is 4.98 Å². The Labute approximate surface area is 176 Å². The van der Waals surface area contributed by atoms with Crippen LogP contribution in [0.15, 0.2) is 21.6 Å². The predicted molar refractivity (Wildman–Crippen MR) is 103 cm³/mol. The van der Waals surface area contributed by atoms with Crippen LogP contribution in [0.4, 0.5) is 0 Å². The first-order chi connectivity index (χ1) is 13.3. The summed E-state index contributed by atoms with van der Waals surface area (Å²) in [5, 5.41) is 9.32. The van der Waals surface area contributed by atoms with Crippen LogP contribution in [-0.2, 0) is 28.5 Å². The van der Waals surface area contributed by atoms with Crippen molar-refractivity contribution in [3.63, 3.8) is 0 Å². The van der Waals surface area contributed by atoms with Crippen molar-refractivity contribution in [2.75, 3.05) is 13.7 Å². The standard InChI is InChI=1S/C18H21BrN2O6S/c1-9-16(26-11(3)23)14(8-25-10(2)22)27-18(17(9)24-4)28-15-5-12(19)7-21-13(15)6-20/h5,7,9,14,16-18H,8H2,1-4H3/t9?,14?,16-,17?,18-/m1/s1. The maximum atomic E-state index is 11.5. The van der Waals surface area contributed by atoms with Gasteiger partial charge in [0.1, 0.15) is 30.3 Å². The largest absolute Gasteiger partial charge is 0.463 e. The lowest BCUT2D eigenvalue weighted by molar-refractivity contribution is -0.208. The Balaban J connectivity index is 2.30. The van der Waals surface area contributed by atoms with E-state index in [0.717, 1.165) is 4.47 Å². The molecule has 0 N–H and O–H groups in total. The Morgan fingerprint density at radius 3 is 2.64 bits per heavy atom. The molecule has 10 heteroatoms. The molecule has 0 amide bonds. The van der Waals surface area contributed by atoms with Gasteiger partial charge in [-0.2, -0.15) is 5.26 Å². The molecule has 152 valence electrons. The van der Waals surface area contributed by atoms with Crippen molar-refractivity contribution in [1.82, 2.24) is 4.98 Å². The molecule has 5 atom stereocenters. The fourth-order valence-corrected chi connectivity index (χ4v) is 4.78. The summed E-state index contributed by atoms with van der Waals surface area (Å²) in [6.45, 7) is 4.42. The van der Waals surface area contributed by atoms with E-state index in [-0.39, 0.29) is 18.2 Å². The molecule has 0 saturated carbocycles. The van der Waals surface area contributed by atoms with Gasteiger partial charge in [-0.1, -0.05) is 18.7 Å². The molecule has 2 rings (SSSR count). The monoisotopic (exact) mass is 472 g/mol. The number of ether oxygens (including phenoxy) is 4. The van der Waals surface area contributed by atoms with Gasteiger partial charge >= 0.3 is 11.9 Å². The van der Waals surface area contributed by atoms with Gasteiger partial charge in [-0.15, -0.1) is 0 Å². The average Bonchev–Trinajstić information content (AvgIpc) is 2.62. The number of rotatable bonds is 6. The van der Waals surface area contributed by atoms with Gasteiger partial charge in [0, 0.05) is 42.4 Å². The van der Waals surface area contributed by atoms with E-state index in [2.05, 4.69) is 27.0 Å². The zero-order chi connectivity index (χ0) is 20.8. The third-order valence-corrected chi connectivity index (χ3v) is 5.78. The number of esters is 2. The summed E-state index contributed by atoms with van der Waals surface area (Å²) in [6, 6.07) is 3.83. The van der Waals surface area contributed by atoms with Gasteiger partial charge in [-0.3, -0.25) is 9.59 Å². The Bertz CT molecular complexity index is 771. The SMILES string of the molecule is COC1C(C)[C@@H](OC(C)=O)C(COC(C)=O)O[C@@H]1Sc1cc(Br)cnc1C#N. The summed E-state index contributed by atoms with van der Waals surface area (Å²) < 4.78 is 23.0. The summed E-state index contributed by atoms with van der Waals surface area (Å²) in [7, 11) is 1.54. The second-order valence-corrected chi connectivity index (χ2v) is 8.26. The van der Waals surface area contributed by atoms with Gasteiger partial charge in [0.2, 0.25) is 0 Å². The maximum absolute atomic E-state index is 11.5. The first kappa shape index (κ1) is 22.6. The Morgan fingerprint density at radius 1 is 1.36 bits per heavy atom. The predicted octanol–water partition coefficient (Wildman–Crippen LogP) is 2.68. The molecule has 0 aromatic carbocycles. The molecule has 28 heavy (non-hydrogen) atoms. The normalized spacial score (nSPS) is 26.9. The molecule has 1 aliphatic rings. The number of hydrogen-bond donors (Lipinski definition) is 0. The van der Waals surface area contributed by atoms with Crippen LogP contribution in [0, 0.1) is 17.2 Å². The van der Waals surface area contributed by atoms with Crippen molar-refractivity contribution in [3.05, 3.63) is 22.4 Å². The second-order valence-electron chi connectivity index (χ2n) is 6.21. The van der Waals surface area contributed by atoms with Crippen LogP contribution in [0.25, 0.3) is 0 Å². The van der Waals surface area contributed by atoms with E-state index in [1.807, 2.05) is 6.92 Å². The highest BCUT2D eigenvalue weighted by Crippen LogP contribution is 2.39. The molecule has 8 nitrogen and oxygen atoms in total. The molecule has 1 aromatic rings. The molecule has 1 saturated heterocycles. The van der Waals surface area contributed by atoms with Crippen molar-refractivity contribution in [1.29, 1.82) is 5.26 Å². The van der Waals surface area contributed by atoms with Crippen molar-refractivity contribution >= 4 is 39.6 Å². The molecule has 0 radical (unpaired) electrons. The Morgan fingerprint density at radius 2 is 2.07 bits per heavy atom. The smallest absolute Gasteiger partial charge is 0.303 e. The first-order valence-electron chi connectivity index (χ1n) is 8.48. The molecule has 0 spiro atoms. The number of nitrogens with zero attached hydrogens (tertiary/aromatic N) is 2. The number of pyridine rings is 1. The third-order valence-electron chi connectivity index (χ3n) is 4.17. The lowest BCUT2D eigenvalue weighted by atomic mass is 9.91. The van der Waals surface area contributed by atoms with E-state index < -0.39 is 35.7 Å². The van der Waals surface area contributed by atoms with Crippen LogP contribution in [0.1, 0.15) is 26.5 Å². The van der Waals surface area contributed by atoms with Crippen LogP contribution in [0.5, 0.6) is 0 Å². The zero-order valence-corrected chi connectivity index (χ0v) is 18.3. The minimum Gasteiger partial charge on any atom is -0.463 e. The van der Waals surface area contributed by atoms with Gasteiger partial charge < -0.3 is 18.9 Å². The molecule has 1 fully saturated rings. The summed E-state index contributed by atoms with van der Waals surface area (Å²) in [6.07, 6.45) is -0.207. The Kier molecular flexibility index (Phi) is 8.24. The lowest BCUT2D eigenvalue weighted by Gasteiger charge is -2.44. The minimum absolute atomic E-state index is 0.0625. The number of thioether (sulfide) groups is 1. The fraction of sp³-hybridized carbons (Fsp3) is 0.556. The maximum Gasteiger partial charge on any atom is 0.303 e. The van der Waals surface area contributed by atoms with E-state index in [1.165, 1.54) is 25.6 Å². The number of hydrogen-bond acceptors (Lipinski definition) is 9. The number of aromatic nitrogens is 1. The van der Waals surface area contributed by atoms with E-state index in [4.69, 9.17) is 18.9 Å². The van der Waals surface area contributed by atoms with Crippen molar-refractivity contribution in [2.24, 2.45) is 5.92 Å². The molecule has 0 aliphatic carbocycles. The summed E-state index contributed by atoms with van der Waals surface area (Å²) >= 11 is 4.63. The first-order valence-corrected chi connectivity index (χ1v) is 10.1. The molecular formula is C18H21BrN2O6S. The third kappa shape index (κ3) is 5.67. The quantitative estimate of drug-likeness (QED) is 0.577. The van der Waals surface area contributed by atoms with Gasteiger partial charge in [0.25, 0.3) is 0 Å². The van der Waals surface area contributed by atoms with Crippen LogP contribution < -0.4 is 0 Å². The van der Waals surface area contributed by atoms with E-state index in [0.29, 0.717) is 4.90 Å². The van der Waals surface area contributed by atoms with Crippen LogP contribution >= 0.6 is 27.7 Å².